The first-order chi connectivity index (χ1) is 14.5. The van der Waals surface area contributed by atoms with Gasteiger partial charge in [0.15, 0.2) is 0 Å². The molecule has 0 spiro atoms. The summed E-state index contributed by atoms with van der Waals surface area (Å²) in [6, 6.07) is 20.3. The molecule has 152 valence electrons. The highest BCUT2D eigenvalue weighted by Crippen LogP contribution is 2.42. The molecule has 30 heavy (non-hydrogen) atoms. The Balaban J connectivity index is 1.51. The number of anilines is 2. The molecule has 1 saturated heterocycles. The summed E-state index contributed by atoms with van der Waals surface area (Å²) in [7, 11) is 1.55. The standard InChI is InChI=1S/C23H19FN2O3S/c1-29-20-7-2-4-16(12-20)22(28)25-18-10-8-15(9-11-18)23-26(21(27)14-30-23)19-6-3-5-17(24)13-19/h2-13,23H,14H2,1H3,(H,25,28)/t23-/m0/s1. The minimum Gasteiger partial charge on any atom is -0.497 e. The molecule has 1 aliphatic rings. The molecule has 1 fully saturated rings. The molecule has 1 atom stereocenters. The zero-order valence-corrected chi connectivity index (χ0v) is 17.0. The second-order valence-corrected chi connectivity index (χ2v) is 7.78. The van der Waals surface area contributed by atoms with Gasteiger partial charge in [0.1, 0.15) is 16.9 Å². The van der Waals surface area contributed by atoms with E-state index >= 15 is 0 Å². The molecule has 1 aliphatic heterocycles. The van der Waals surface area contributed by atoms with Gasteiger partial charge in [-0.05, 0) is 54.1 Å². The highest BCUT2D eigenvalue weighted by molar-refractivity contribution is 8.00. The largest absolute Gasteiger partial charge is 0.497 e. The number of thioether (sulfide) groups is 1. The molecule has 3 aromatic rings. The van der Waals surface area contributed by atoms with Crippen LogP contribution < -0.4 is 15.0 Å². The zero-order valence-electron chi connectivity index (χ0n) is 16.2. The number of carbonyl (C=O) groups is 2. The number of nitrogens with zero attached hydrogens (tertiary/aromatic N) is 1. The molecule has 1 heterocycles. The Kier molecular flexibility index (Phi) is 5.72. The van der Waals surface area contributed by atoms with Gasteiger partial charge in [-0.3, -0.25) is 14.5 Å². The van der Waals surface area contributed by atoms with Gasteiger partial charge in [-0.15, -0.1) is 11.8 Å². The van der Waals surface area contributed by atoms with Crippen molar-refractivity contribution in [3.05, 3.63) is 89.7 Å². The van der Waals surface area contributed by atoms with Gasteiger partial charge < -0.3 is 10.1 Å². The summed E-state index contributed by atoms with van der Waals surface area (Å²) in [5, 5.41) is 2.61. The van der Waals surface area contributed by atoms with Crippen molar-refractivity contribution in [2.45, 2.75) is 5.37 Å². The fraction of sp³-hybridized carbons (Fsp3) is 0.130. The number of rotatable bonds is 5. The Labute approximate surface area is 177 Å². The van der Waals surface area contributed by atoms with Crippen LogP contribution in [0.2, 0.25) is 0 Å². The van der Waals surface area contributed by atoms with Gasteiger partial charge in [0.2, 0.25) is 5.91 Å². The van der Waals surface area contributed by atoms with Crippen LogP contribution in [0.15, 0.2) is 72.8 Å². The number of nitrogens with one attached hydrogen (secondary N) is 1. The summed E-state index contributed by atoms with van der Waals surface area (Å²) >= 11 is 1.49. The molecule has 0 bridgehead atoms. The van der Waals surface area contributed by atoms with Gasteiger partial charge in [-0.25, -0.2) is 4.39 Å². The van der Waals surface area contributed by atoms with Crippen molar-refractivity contribution < 1.29 is 18.7 Å². The second-order valence-electron chi connectivity index (χ2n) is 6.72. The van der Waals surface area contributed by atoms with Crippen LogP contribution in [0, 0.1) is 5.82 Å². The van der Waals surface area contributed by atoms with Crippen molar-refractivity contribution in [3.63, 3.8) is 0 Å². The van der Waals surface area contributed by atoms with Gasteiger partial charge in [0.05, 0.1) is 12.9 Å². The summed E-state index contributed by atoms with van der Waals surface area (Å²) in [5.74, 6) is 0.250. The summed E-state index contributed by atoms with van der Waals surface area (Å²) in [6.45, 7) is 0. The van der Waals surface area contributed by atoms with Gasteiger partial charge in [-0.2, -0.15) is 0 Å². The van der Waals surface area contributed by atoms with Crippen LogP contribution in [0.25, 0.3) is 0 Å². The molecular formula is C23H19FN2O3S. The molecule has 4 rings (SSSR count). The van der Waals surface area contributed by atoms with Crippen LogP contribution in [-0.2, 0) is 4.79 Å². The van der Waals surface area contributed by atoms with E-state index in [9.17, 15) is 14.0 Å². The molecule has 5 nitrogen and oxygen atoms in total. The van der Waals surface area contributed by atoms with Crippen molar-refractivity contribution >= 4 is 35.0 Å². The third kappa shape index (κ3) is 4.16. The van der Waals surface area contributed by atoms with E-state index in [1.165, 1.54) is 23.9 Å². The number of amides is 2. The average molecular weight is 422 g/mol. The highest BCUT2D eigenvalue weighted by atomic mass is 32.2. The van der Waals surface area contributed by atoms with E-state index in [0.717, 1.165) is 5.56 Å². The van der Waals surface area contributed by atoms with Crippen molar-refractivity contribution in [1.29, 1.82) is 0 Å². The van der Waals surface area contributed by atoms with Crippen molar-refractivity contribution in [1.82, 2.24) is 0 Å². The molecule has 2 amide bonds. The number of halogens is 1. The Hall–Kier alpha value is -3.32. The van der Waals surface area contributed by atoms with Gasteiger partial charge >= 0.3 is 0 Å². The lowest BCUT2D eigenvalue weighted by Gasteiger charge is -2.24. The van der Waals surface area contributed by atoms with E-state index in [2.05, 4.69) is 5.32 Å². The summed E-state index contributed by atoms with van der Waals surface area (Å²) in [5.41, 5.74) is 2.56. The molecule has 0 aliphatic carbocycles. The Morgan fingerprint density at radius 1 is 1.10 bits per heavy atom. The van der Waals surface area contributed by atoms with E-state index in [-0.39, 0.29) is 23.0 Å². The number of carbonyl (C=O) groups excluding carboxylic acids is 2. The predicted molar refractivity (Wildman–Crippen MR) is 116 cm³/mol. The van der Waals surface area contributed by atoms with E-state index in [1.54, 1.807) is 60.5 Å². The highest BCUT2D eigenvalue weighted by Gasteiger charge is 2.34. The molecule has 0 saturated carbocycles. The monoisotopic (exact) mass is 422 g/mol. The van der Waals surface area contributed by atoms with Gasteiger partial charge in [0.25, 0.3) is 5.91 Å². The lowest BCUT2D eigenvalue weighted by atomic mass is 10.1. The first-order valence-electron chi connectivity index (χ1n) is 9.30. The van der Waals surface area contributed by atoms with Crippen LogP contribution >= 0.6 is 11.8 Å². The molecule has 0 unspecified atom stereocenters. The average Bonchev–Trinajstić information content (AvgIpc) is 3.15. The maximum absolute atomic E-state index is 13.6. The first-order valence-corrected chi connectivity index (χ1v) is 10.3. The lowest BCUT2D eigenvalue weighted by Crippen LogP contribution is -2.27. The van der Waals surface area contributed by atoms with E-state index < -0.39 is 0 Å². The van der Waals surface area contributed by atoms with E-state index in [4.69, 9.17) is 4.74 Å². The van der Waals surface area contributed by atoms with Crippen LogP contribution in [0.4, 0.5) is 15.8 Å². The van der Waals surface area contributed by atoms with Crippen molar-refractivity contribution in [3.8, 4) is 5.75 Å². The summed E-state index contributed by atoms with van der Waals surface area (Å²) < 4.78 is 18.8. The van der Waals surface area contributed by atoms with Crippen LogP contribution in [0.5, 0.6) is 5.75 Å². The van der Waals surface area contributed by atoms with E-state index in [0.29, 0.717) is 28.4 Å². The molecular weight excluding hydrogens is 403 g/mol. The fourth-order valence-corrected chi connectivity index (χ4v) is 4.45. The smallest absolute Gasteiger partial charge is 0.255 e. The van der Waals surface area contributed by atoms with Crippen molar-refractivity contribution in [2.75, 3.05) is 23.1 Å². The third-order valence-electron chi connectivity index (χ3n) is 4.74. The molecule has 3 aromatic carbocycles. The van der Waals surface area contributed by atoms with Gasteiger partial charge in [0, 0.05) is 16.9 Å². The van der Waals surface area contributed by atoms with Crippen LogP contribution in [0.3, 0.4) is 0 Å². The molecule has 7 heteroatoms. The molecule has 0 aromatic heterocycles. The lowest BCUT2D eigenvalue weighted by molar-refractivity contribution is -0.115. The quantitative estimate of drug-likeness (QED) is 0.638. The van der Waals surface area contributed by atoms with Crippen LogP contribution in [-0.4, -0.2) is 24.7 Å². The number of ether oxygens (including phenoxy) is 1. The van der Waals surface area contributed by atoms with E-state index in [1.807, 2.05) is 12.1 Å². The molecule has 1 N–H and O–H groups in total. The maximum atomic E-state index is 13.6. The Morgan fingerprint density at radius 3 is 2.60 bits per heavy atom. The topological polar surface area (TPSA) is 58.6 Å². The van der Waals surface area contributed by atoms with Crippen molar-refractivity contribution in [2.24, 2.45) is 0 Å². The third-order valence-corrected chi connectivity index (χ3v) is 5.95. The SMILES string of the molecule is COc1cccc(C(=O)Nc2ccc([C@@H]3SCC(=O)N3c3cccc(F)c3)cc2)c1. The minimum absolute atomic E-state index is 0.0639. The summed E-state index contributed by atoms with van der Waals surface area (Å²) in [6.07, 6.45) is 0. The van der Waals surface area contributed by atoms with Gasteiger partial charge in [-0.1, -0.05) is 24.3 Å². The predicted octanol–water partition coefficient (Wildman–Crippen LogP) is 4.87. The number of methoxy groups -OCH3 is 1. The number of hydrogen-bond acceptors (Lipinski definition) is 4. The minimum atomic E-state index is -0.383. The number of benzene rings is 3. The Bertz CT molecular complexity index is 1090. The molecule has 0 radical (unpaired) electrons. The van der Waals surface area contributed by atoms with Crippen LogP contribution in [0.1, 0.15) is 21.3 Å². The number of hydrogen-bond donors (Lipinski definition) is 1. The maximum Gasteiger partial charge on any atom is 0.255 e. The Morgan fingerprint density at radius 2 is 1.87 bits per heavy atom. The summed E-state index contributed by atoms with van der Waals surface area (Å²) in [4.78, 5) is 26.5. The fourth-order valence-electron chi connectivity index (χ4n) is 3.27. The first kappa shape index (κ1) is 20.0. The second kappa shape index (κ2) is 8.59. The zero-order chi connectivity index (χ0) is 21.1. The normalized spacial score (nSPS) is 15.9.